The standard InChI is InChI=1S/C24H26BrN3O3/c1-17-23(14-26-28(17)20-10-8-19(25)9-11-20)24(29)27(16-22-7-4-12-31-22)15-18-5-3-6-21(13-18)30-2/h3,5-6,8-11,13-14,22H,4,7,12,15-16H2,1-2H3. The Kier molecular flexibility index (Phi) is 6.73. The van der Waals surface area contributed by atoms with Gasteiger partial charge < -0.3 is 14.4 Å². The third kappa shape index (κ3) is 4.99. The number of methoxy groups -OCH3 is 1. The van der Waals surface area contributed by atoms with E-state index in [9.17, 15) is 4.79 Å². The van der Waals surface area contributed by atoms with Gasteiger partial charge in [0.1, 0.15) is 5.75 Å². The van der Waals surface area contributed by atoms with Crippen molar-refractivity contribution in [1.29, 1.82) is 0 Å². The van der Waals surface area contributed by atoms with Crippen LogP contribution >= 0.6 is 15.9 Å². The average Bonchev–Trinajstić information content (AvgIpc) is 3.43. The molecule has 0 spiro atoms. The number of hydrogen-bond acceptors (Lipinski definition) is 4. The number of benzene rings is 2. The zero-order valence-electron chi connectivity index (χ0n) is 17.8. The normalized spacial score (nSPS) is 15.8. The highest BCUT2D eigenvalue weighted by Crippen LogP contribution is 2.22. The first-order chi connectivity index (χ1) is 15.0. The maximum atomic E-state index is 13.6. The highest BCUT2D eigenvalue weighted by molar-refractivity contribution is 9.10. The van der Waals surface area contributed by atoms with Gasteiger partial charge >= 0.3 is 0 Å². The Bertz CT molecular complexity index is 1040. The zero-order valence-corrected chi connectivity index (χ0v) is 19.3. The van der Waals surface area contributed by atoms with Crippen LogP contribution in [0.3, 0.4) is 0 Å². The molecule has 31 heavy (non-hydrogen) atoms. The van der Waals surface area contributed by atoms with E-state index in [2.05, 4.69) is 21.0 Å². The Morgan fingerprint density at radius 2 is 2.10 bits per heavy atom. The molecule has 0 N–H and O–H groups in total. The molecule has 1 aliphatic heterocycles. The molecule has 0 bridgehead atoms. The summed E-state index contributed by atoms with van der Waals surface area (Å²) >= 11 is 3.46. The van der Waals surface area contributed by atoms with Crippen molar-refractivity contribution in [2.45, 2.75) is 32.4 Å². The van der Waals surface area contributed by atoms with Crippen molar-refractivity contribution in [3.8, 4) is 11.4 Å². The van der Waals surface area contributed by atoms with E-state index in [0.29, 0.717) is 18.7 Å². The molecule has 162 valence electrons. The van der Waals surface area contributed by atoms with E-state index in [4.69, 9.17) is 9.47 Å². The predicted octanol–water partition coefficient (Wildman–Crippen LogP) is 4.77. The molecule has 0 radical (unpaired) electrons. The topological polar surface area (TPSA) is 56.6 Å². The summed E-state index contributed by atoms with van der Waals surface area (Å²) in [5, 5.41) is 4.49. The summed E-state index contributed by atoms with van der Waals surface area (Å²) in [6.45, 7) is 3.72. The van der Waals surface area contributed by atoms with Gasteiger partial charge in [-0.2, -0.15) is 5.10 Å². The van der Waals surface area contributed by atoms with Crippen LogP contribution in [0.4, 0.5) is 0 Å². The van der Waals surface area contributed by atoms with Crippen molar-refractivity contribution in [2.75, 3.05) is 20.3 Å². The van der Waals surface area contributed by atoms with Gasteiger partial charge in [0.05, 0.1) is 36.4 Å². The lowest BCUT2D eigenvalue weighted by Crippen LogP contribution is -2.37. The van der Waals surface area contributed by atoms with Crippen LogP contribution in [0.2, 0.25) is 0 Å². The van der Waals surface area contributed by atoms with Gasteiger partial charge in [0.15, 0.2) is 0 Å². The number of ether oxygens (including phenoxy) is 2. The molecule has 6 nitrogen and oxygen atoms in total. The molecule has 7 heteroatoms. The smallest absolute Gasteiger partial charge is 0.257 e. The first-order valence-corrected chi connectivity index (χ1v) is 11.2. The van der Waals surface area contributed by atoms with Crippen LogP contribution in [0.15, 0.2) is 59.2 Å². The third-order valence-electron chi connectivity index (χ3n) is 5.55. The van der Waals surface area contributed by atoms with E-state index in [1.807, 2.05) is 60.4 Å². The fourth-order valence-electron chi connectivity index (χ4n) is 3.88. The van der Waals surface area contributed by atoms with E-state index >= 15 is 0 Å². The SMILES string of the molecule is COc1cccc(CN(CC2CCCO2)C(=O)c2cnn(-c3ccc(Br)cc3)c2C)c1. The molecular weight excluding hydrogens is 458 g/mol. The Morgan fingerprint density at radius 1 is 1.29 bits per heavy atom. The number of hydrogen-bond donors (Lipinski definition) is 0. The summed E-state index contributed by atoms with van der Waals surface area (Å²) in [7, 11) is 1.65. The van der Waals surface area contributed by atoms with Crippen molar-refractivity contribution < 1.29 is 14.3 Å². The van der Waals surface area contributed by atoms with Crippen molar-refractivity contribution in [2.24, 2.45) is 0 Å². The molecule has 2 heterocycles. The number of amides is 1. The van der Waals surface area contributed by atoms with Crippen LogP contribution in [-0.4, -0.2) is 47.0 Å². The molecule has 0 aliphatic carbocycles. The molecule has 4 rings (SSSR count). The third-order valence-corrected chi connectivity index (χ3v) is 6.08. The Morgan fingerprint density at radius 3 is 2.81 bits per heavy atom. The minimum absolute atomic E-state index is 0.0424. The highest BCUT2D eigenvalue weighted by Gasteiger charge is 2.26. The van der Waals surface area contributed by atoms with E-state index in [1.165, 1.54) is 0 Å². The van der Waals surface area contributed by atoms with Crippen LogP contribution in [-0.2, 0) is 11.3 Å². The molecule has 3 aromatic rings. The van der Waals surface area contributed by atoms with E-state index in [1.54, 1.807) is 18.0 Å². The molecule has 0 saturated carbocycles. The van der Waals surface area contributed by atoms with Crippen LogP contribution in [0.5, 0.6) is 5.75 Å². The molecule has 1 saturated heterocycles. The lowest BCUT2D eigenvalue weighted by molar-refractivity contribution is 0.0506. The first-order valence-electron chi connectivity index (χ1n) is 10.4. The monoisotopic (exact) mass is 483 g/mol. The minimum atomic E-state index is -0.0424. The van der Waals surface area contributed by atoms with Gasteiger partial charge in [-0.15, -0.1) is 0 Å². The molecule has 2 aromatic carbocycles. The van der Waals surface area contributed by atoms with Gasteiger partial charge in [0, 0.05) is 24.2 Å². The summed E-state index contributed by atoms with van der Waals surface area (Å²) in [4.78, 5) is 15.5. The van der Waals surface area contributed by atoms with Gasteiger partial charge in [-0.3, -0.25) is 4.79 Å². The van der Waals surface area contributed by atoms with Crippen LogP contribution in [0, 0.1) is 6.92 Å². The number of carbonyl (C=O) groups excluding carboxylic acids is 1. The first kappa shape index (κ1) is 21.6. The number of nitrogens with zero attached hydrogens (tertiary/aromatic N) is 3. The quantitative estimate of drug-likeness (QED) is 0.485. The molecule has 1 atom stereocenters. The van der Waals surface area contributed by atoms with Crippen molar-refractivity contribution in [3.63, 3.8) is 0 Å². The fourth-order valence-corrected chi connectivity index (χ4v) is 4.14. The summed E-state index contributed by atoms with van der Waals surface area (Å²) in [6, 6.07) is 15.7. The summed E-state index contributed by atoms with van der Waals surface area (Å²) in [5.74, 6) is 0.737. The molecule has 1 unspecified atom stereocenters. The lowest BCUT2D eigenvalue weighted by atomic mass is 10.1. The second-order valence-electron chi connectivity index (χ2n) is 7.70. The van der Waals surface area contributed by atoms with Gasteiger partial charge in [-0.1, -0.05) is 28.1 Å². The molecule has 1 amide bonds. The van der Waals surface area contributed by atoms with Crippen LogP contribution in [0.1, 0.15) is 34.5 Å². The van der Waals surface area contributed by atoms with E-state index in [0.717, 1.165) is 46.6 Å². The maximum Gasteiger partial charge on any atom is 0.257 e. The second-order valence-corrected chi connectivity index (χ2v) is 8.62. The summed E-state index contributed by atoms with van der Waals surface area (Å²) in [5.41, 5.74) is 3.35. The van der Waals surface area contributed by atoms with Gasteiger partial charge in [-0.05, 0) is 61.7 Å². The Balaban J connectivity index is 1.61. The van der Waals surface area contributed by atoms with E-state index in [-0.39, 0.29) is 12.0 Å². The van der Waals surface area contributed by atoms with Crippen molar-refractivity contribution in [1.82, 2.24) is 14.7 Å². The predicted molar refractivity (Wildman–Crippen MR) is 123 cm³/mol. The number of rotatable bonds is 7. The number of carbonyl (C=O) groups is 1. The van der Waals surface area contributed by atoms with Gasteiger partial charge in [-0.25, -0.2) is 4.68 Å². The lowest BCUT2D eigenvalue weighted by Gasteiger charge is -2.26. The minimum Gasteiger partial charge on any atom is -0.497 e. The van der Waals surface area contributed by atoms with Crippen molar-refractivity contribution >= 4 is 21.8 Å². The molecule has 1 fully saturated rings. The van der Waals surface area contributed by atoms with Crippen LogP contribution in [0.25, 0.3) is 5.69 Å². The van der Waals surface area contributed by atoms with E-state index < -0.39 is 0 Å². The molecule has 1 aromatic heterocycles. The maximum absolute atomic E-state index is 13.6. The van der Waals surface area contributed by atoms with Crippen LogP contribution < -0.4 is 4.74 Å². The molecule has 1 aliphatic rings. The Labute approximate surface area is 190 Å². The average molecular weight is 484 g/mol. The van der Waals surface area contributed by atoms with Gasteiger partial charge in [0.25, 0.3) is 5.91 Å². The largest absolute Gasteiger partial charge is 0.497 e. The second kappa shape index (κ2) is 9.66. The fraction of sp³-hybridized carbons (Fsp3) is 0.333. The summed E-state index contributed by atoms with van der Waals surface area (Å²) < 4.78 is 14.0. The Hall–Kier alpha value is -2.64. The zero-order chi connectivity index (χ0) is 21.8. The summed E-state index contributed by atoms with van der Waals surface area (Å²) in [6.07, 6.45) is 3.73. The van der Waals surface area contributed by atoms with Crippen molar-refractivity contribution in [3.05, 3.63) is 76.0 Å². The number of aromatic nitrogens is 2. The highest BCUT2D eigenvalue weighted by atomic mass is 79.9. The van der Waals surface area contributed by atoms with Gasteiger partial charge in [0.2, 0.25) is 0 Å². The molecular formula is C24H26BrN3O3. The number of halogens is 1.